The zero-order valence-corrected chi connectivity index (χ0v) is 12.1. The van der Waals surface area contributed by atoms with Crippen molar-refractivity contribution in [1.82, 2.24) is 4.98 Å². The van der Waals surface area contributed by atoms with Crippen LogP contribution in [0.1, 0.15) is 45.1 Å². The van der Waals surface area contributed by atoms with Gasteiger partial charge in [-0.15, -0.1) is 0 Å². The molecule has 18 heavy (non-hydrogen) atoms. The first-order valence-corrected chi connectivity index (χ1v) is 6.62. The maximum absolute atomic E-state index is 11.2. The smallest absolute Gasteiger partial charge is 0.178 e. The molecule has 1 aromatic rings. The monoisotopic (exact) mass is 248 g/mol. The Bertz CT molecular complexity index is 372. The summed E-state index contributed by atoms with van der Waals surface area (Å²) in [7, 11) is 0. The molecule has 0 radical (unpaired) electrons. The van der Waals surface area contributed by atoms with Gasteiger partial charge in [0.05, 0.1) is 11.9 Å². The van der Waals surface area contributed by atoms with Gasteiger partial charge in [0, 0.05) is 20.0 Å². The van der Waals surface area contributed by atoms with E-state index >= 15 is 0 Å². The number of anilines is 1. The summed E-state index contributed by atoms with van der Waals surface area (Å²) in [5.41, 5.74) is 1.63. The molecule has 0 unspecified atom stereocenters. The third kappa shape index (κ3) is 4.47. The highest BCUT2D eigenvalue weighted by atomic mass is 16.1. The summed E-state index contributed by atoms with van der Waals surface area (Å²) in [6, 6.07) is 3.81. The van der Waals surface area contributed by atoms with Gasteiger partial charge in [-0.25, -0.2) is 0 Å². The molecule has 1 heterocycles. The van der Waals surface area contributed by atoms with Crippen molar-refractivity contribution in [2.75, 3.05) is 18.0 Å². The fraction of sp³-hybridized carbons (Fsp3) is 0.600. The van der Waals surface area contributed by atoms with Crippen molar-refractivity contribution in [3.8, 4) is 0 Å². The van der Waals surface area contributed by atoms with Crippen LogP contribution in [0.3, 0.4) is 0 Å². The first-order chi connectivity index (χ1) is 8.40. The standard InChI is InChI=1S/C15H24N2O/c1-11(2)9-17(10-12(3)4)14-6-7-15(13(5)18)16-8-14/h6-8,11-12H,9-10H2,1-5H3. The number of pyridine rings is 1. The molecule has 3 heteroatoms. The molecule has 0 spiro atoms. The highest BCUT2D eigenvalue weighted by molar-refractivity contribution is 5.92. The molecule has 0 N–H and O–H groups in total. The van der Waals surface area contributed by atoms with Gasteiger partial charge in [-0.3, -0.25) is 9.78 Å². The van der Waals surface area contributed by atoms with Gasteiger partial charge in [0.25, 0.3) is 0 Å². The fourth-order valence-electron chi connectivity index (χ4n) is 1.95. The van der Waals surface area contributed by atoms with E-state index < -0.39 is 0 Å². The summed E-state index contributed by atoms with van der Waals surface area (Å²) >= 11 is 0. The van der Waals surface area contributed by atoms with E-state index in [0.717, 1.165) is 18.8 Å². The highest BCUT2D eigenvalue weighted by Crippen LogP contribution is 2.17. The molecule has 100 valence electrons. The average molecular weight is 248 g/mol. The Hall–Kier alpha value is -1.38. The van der Waals surface area contributed by atoms with Crippen LogP contribution in [-0.4, -0.2) is 23.9 Å². The number of hydrogen-bond donors (Lipinski definition) is 0. The zero-order chi connectivity index (χ0) is 13.7. The van der Waals surface area contributed by atoms with Crippen LogP contribution in [-0.2, 0) is 0 Å². The Balaban J connectivity index is 2.87. The van der Waals surface area contributed by atoms with Crippen molar-refractivity contribution < 1.29 is 4.79 Å². The van der Waals surface area contributed by atoms with E-state index in [2.05, 4.69) is 37.6 Å². The van der Waals surface area contributed by atoms with Crippen molar-refractivity contribution in [1.29, 1.82) is 0 Å². The third-order valence-electron chi connectivity index (χ3n) is 2.64. The van der Waals surface area contributed by atoms with Gasteiger partial charge in [-0.2, -0.15) is 0 Å². The van der Waals surface area contributed by atoms with Crippen molar-refractivity contribution in [3.63, 3.8) is 0 Å². The highest BCUT2D eigenvalue weighted by Gasteiger charge is 2.11. The summed E-state index contributed by atoms with van der Waals surface area (Å²) in [5, 5.41) is 0. The first kappa shape index (κ1) is 14.7. The molecule has 0 bridgehead atoms. The summed E-state index contributed by atoms with van der Waals surface area (Å²) < 4.78 is 0. The predicted molar refractivity (Wildman–Crippen MR) is 76.1 cm³/mol. The molecule has 1 aromatic heterocycles. The summed E-state index contributed by atoms with van der Waals surface area (Å²) in [4.78, 5) is 17.8. The minimum absolute atomic E-state index is 0.0146. The average Bonchev–Trinajstić information content (AvgIpc) is 2.27. The molecular weight excluding hydrogens is 224 g/mol. The second kappa shape index (κ2) is 6.53. The molecule has 0 aliphatic carbocycles. The molecule has 3 nitrogen and oxygen atoms in total. The Morgan fingerprint density at radius 1 is 1.17 bits per heavy atom. The lowest BCUT2D eigenvalue weighted by Gasteiger charge is -2.28. The Labute approximate surface area is 110 Å². The molecule has 0 saturated carbocycles. The summed E-state index contributed by atoms with van der Waals surface area (Å²) in [6.07, 6.45) is 1.81. The first-order valence-electron chi connectivity index (χ1n) is 6.62. The number of ketones is 1. The molecule has 0 amide bonds. The second-order valence-corrected chi connectivity index (χ2v) is 5.65. The second-order valence-electron chi connectivity index (χ2n) is 5.65. The van der Waals surface area contributed by atoms with Crippen LogP contribution in [0.5, 0.6) is 0 Å². The molecule has 0 aliphatic rings. The van der Waals surface area contributed by atoms with E-state index in [-0.39, 0.29) is 5.78 Å². The van der Waals surface area contributed by atoms with Gasteiger partial charge >= 0.3 is 0 Å². The van der Waals surface area contributed by atoms with Gasteiger partial charge in [-0.1, -0.05) is 27.7 Å². The Kier molecular flexibility index (Phi) is 5.32. The van der Waals surface area contributed by atoms with Crippen LogP contribution in [0.15, 0.2) is 18.3 Å². The quantitative estimate of drug-likeness (QED) is 0.723. The van der Waals surface area contributed by atoms with E-state index in [1.807, 2.05) is 18.3 Å². The molecule has 0 saturated heterocycles. The topological polar surface area (TPSA) is 33.2 Å². The van der Waals surface area contributed by atoms with E-state index in [1.54, 1.807) is 6.92 Å². The van der Waals surface area contributed by atoms with Crippen LogP contribution >= 0.6 is 0 Å². The van der Waals surface area contributed by atoms with E-state index in [9.17, 15) is 4.79 Å². The van der Waals surface area contributed by atoms with Crippen LogP contribution in [0.25, 0.3) is 0 Å². The number of nitrogens with zero attached hydrogens (tertiary/aromatic N) is 2. The van der Waals surface area contributed by atoms with Crippen molar-refractivity contribution in [3.05, 3.63) is 24.0 Å². The van der Waals surface area contributed by atoms with Crippen LogP contribution in [0.2, 0.25) is 0 Å². The van der Waals surface area contributed by atoms with Gasteiger partial charge in [0.15, 0.2) is 5.78 Å². The number of carbonyl (C=O) groups is 1. The minimum Gasteiger partial charge on any atom is -0.370 e. The largest absolute Gasteiger partial charge is 0.370 e. The number of aromatic nitrogens is 1. The molecule has 0 aliphatic heterocycles. The number of carbonyl (C=O) groups excluding carboxylic acids is 1. The molecule has 0 fully saturated rings. The predicted octanol–water partition coefficient (Wildman–Crippen LogP) is 3.40. The normalized spacial score (nSPS) is 11.1. The van der Waals surface area contributed by atoms with Crippen molar-refractivity contribution in [2.45, 2.75) is 34.6 Å². The minimum atomic E-state index is 0.0146. The van der Waals surface area contributed by atoms with Gasteiger partial charge in [0.2, 0.25) is 0 Å². The lowest BCUT2D eigenvalue weighted by molar-refractivity contribution is 0.101. The Morgan fingerprint density at radius 2 is 1.72 bits per heavy atom. The summed E-state index contributed by atoms with van der Waals surface area (Å²) in [6.45, 7) is 12.4. The number of Topliss-reactive ketones (excluding diaryl/α,β-unsaturated/α-hetero) is 1. The Morgan fingerprint density at radius 3 is 2.06 bits per heavy atom. The van der Waals surface area contributed by atoms with Crippen LogP contribution in [0.4, 0.5) is 5.69 Å². The van der Waals surface area contributed by atoms with Gasteiger partial charge < -0.3 is 4.90 Å². The number of rotatable bonds is 6. The third-order valence-corrected chi connectivity index (χ3v) is 2.64. The lowest BCUT2D eigenvalue weighted by Crippen LogP contribution is -2.31. The van der Waals surface area contributed by atoms with E-state index in [4.69, 9.17) is 0 Å². The van der Waals surface area contributed by atoms with Gasteiger partial charge in [0.1, 0.15) is 5.69 Å². The van der Waals surface area contributed by atoms with Crippen molar-refractivity contribution >= 4 is 11.5 Å². The molecule has 0 aromatic carbocycles. The van der Waals surface area contributed by atoms with Gasteiger partial charge in [-0.05, 0) is 24.0 Å². The fourth-order valence-corrected chi connectivity index (χ4v) is 1.95. The molecule has 1 rings (SSSR count). The van der Waals surface area contributed by atoms with E-state index in [0.29, 0.717) is 17.5 Å². The SMILES string of the molecule is CC(=O)c1ccc(N(CC(C)C)CC(C)C)cn1. The number of hydrogen-bond acceptors (Lipinski definition) is 3. The maximum atomic E-state index is 11.2. The summed E-state index contributed by atoms with van der Waals surface area (Å²) in [5.74, 6) is 1.23. The zero-order valence-electron chi connectivity index (χ0n) is 12.1. The van der Waals surface area contributed by atoms with Crippen molar-refractivity contribution in [2.24, 2.45) is 11.8 Å². The van der Waals surface area contributed by atoms with Crippen LogP contribution < -0.4 is 4.90 Å². The maximum Gasteiger partial charge on any atom is 0.178 e. The molecule has 0 atom stereocenters. The lowest BCUT2D eigenvalue weighted by atomic mass is 10.1. The molecular formula is C15H24N2O. The van der Waals surface area contributed by atoms with Crippen LogP contribution in [0, 0.1) is 11.8 Å². The van der Waals surface area contributed by atoms with E-state index in [1.165, 1.54) is 0 Å².